The summed E-state index contributed by atoms with van der Waals surface area (Å²) >= 11 is 6.59. The number of amides is 1. The van der Waals surface area contributed by atoms with Crippen LogP contribution >= 0.6 is 31.9 Å². The number of carbonyl (C=O) groups excluding carboxylic acids is 1. The van der Waals surface area contributed by atoms with Crippen molar-refractivity contribution in [2.75, 3.05) is 10.6 Å². The SMILES string of the molecule is CC(C)(C)c1ccc(-c2[nH]nc(NC(=O)CBr)c2Br)cc1. The number of carbonyl (C=O) groups is 1. The number of H-pyrrole nitrogens is 1. The molecule has 1 heterocycles. The monoisotopic (exact) mass is 413 g/mol. The first-order chi connectivity index (χ1) is 9.82. The lowest BCUT2D eigenvalue weighted by molar-refractivity contribution is -0.113. The maximum atomic E-state index is 11.4. The molecule has 0 aliphatic heterocycles. The van der Waals surface area contributed by atoms with Gasteiger partial charge in [0.2, 0.25) is 5.91 Å². The van der Waals surface area contributed by atoms with Crippen LogP contribution in [-0.4, -0.2) is 21.4 Å². The molecule has 0 radical (unpaired) electrons. The van der Waals surface area contributed by atoms with Gasteiger partial charge in [-0.25, -0.2) is 0 Å². The van der Waals surface area contributed by atoms with Crippen LogP contribution in [0.1, 0.15) is 26.3 Å². The van der Waals surface area contributed by atoms with E-state index < -0.39 is 0 Å². The molecular weight excluding hydrogens is 398 g/mol. The van der Waals surface area contributed by atoms with Crippen LogP contribution in [0.25, 0.3) is 11.3 Å². The Labute approximate surface area is 141 Å². The Morgan fingerprint density at radius 1 is 1.29 bits per heavy atom. The molecule has 1 aromatic heterocycles. The van der Waals surface area contributed by atoms with Gasteiger partial charge in [-0.3, -0.25) is 9.89 Å². The summed E-state index contributed by atoms with van der Waals surface area (Å²) < 4.78 is 0.750. The lowest BCUT2D eigenvalue weighted by atomic mass is 9.86. The normalized spacial score (nSPS) is 11.5. The number of nitrogens with zero attached hydrogens (tertiary/aromatic N) is 1. The van der Waals surface area contributed by atoms with Crippen LogP contribution in [0.3, 0.4) is 0 Å². The molecule has 0 aliphatic carbocycles. The van der Waals surface area contributed by atoms with Crippen molar-refractivity contribution >= 4 is 43.6 Å². The van der Waals surface area contributed by atoms with E-state index in [2.05, 4.69) is 92.4 Å². The first kappa shape index (κ1) is 16.2. The van der Waals surface area contributed by atoms with E-state index in [1.165, 1.54) is 5.56 Å². The highest BCUT2D eigenvalue weighted by Gasteiger charge is 2.16. The fraction of sp³-hybridized carbons (Fsp3) is 0.333. The number of aromatic amines is 1. The fourth-order valence-electron chi connectivity index (χ4n) is 1.90. The minimum atomic E-state index is -0.142. The van der Waals surface area contributed by atoms with E-state index >= 15 is 0 Å². The third-order valence-electron chi connectivity index (χ3n) is 3.13. The molecule has 1 amide bonds. The Hall–Kier alpha value is -1.14. The average molecular weight is 415 g/mol. The molecule has 0 saturated carbocycles. The summed E-state index contributed by atoms with van der Waals surface area (Å²) in [5.41, 5.74) is 3.26. The van der Waals surface area contributed by atoms with E-state index in [1.807, 2.05) is 0 Å². The van der Waals surface area contributed by atoms with E-state index in [9.17, 15) is 4.79 Å². The molecule has 2 rings (SSSR count). The van der Waals surface area contributed by atoms with Crippen molar-refractivity contribution in [3.8, 4) is 11.3 Å². The molecule has 0 unspecified atom stereocenters. The molecule has 0 spiro atoms. The quantitative estimate of drug-likeness (QED) is 0.728. The van der Waals surface area contributed by atoms with Crippen LogP contribution < -0.4 is 5.32 Å². The van der Waals surface area contributed by atoms with Gasteiger partial charge in [0.05, 0.1) is 15.5 Å². The second kappa shape index (κ2) is 6.32. The summed E-state index contributed by atoms with van der Waals surface area (Å²) in [7, 11) is 0. The average Bonchev–Trinajstić information content (AvgIpc) is 2.79. The number of rotatable bonds is 3. The number of hydrogen-bond donors (Lipinski definition) is 2. The van der Waals surface area contributed by atoms with Crippen molar-refractivity contribution < 1.29 is 4.79 Å². The Balaban J connectivity index is 2.29. The minimum Gasteiger partial charge on any atom is -0.308 e. The molecule has 1 aromatic carbocycles. The number of halogens is 2. The van der Waals surface area contributed by atoms with E-state index in [0.29, 0.717) is 5.82 Å². The molecule has 0 saturated heterocycles. The Bertz CT molecular complexity index is 642. The van der Waals surface area contributed by atoms with Gasteiger partial charge >= 0.3 is 0 Å². The molecule has 0 atom stereocenters. The third-order valence-corrected chi connectivity index (χ3v) is 4.41. The van der Waals surface area contributed by atoms with Crippen molar-refractivity contribution in [2.45, 2.75) is 26.2 Å². The smallest absolute Gasteiger partial charge is 0.236 e. The predicted octanol–water partition coefficient (Wildman–Crippen LogP) is 4.47. The van der Waals surface area contributed by atoms with Gasteiger partial charge in [0.15, 0.2) is 5.82 Å². The summed E-state index contributed by atoms with van der Waals surface area (Å²) in [4.78, 5) is 11.4. The molecule has 112 valence electrons. The van der Waals surface area contributed by atoms with Gasteiger partial charge in [0.1, 0.15) is 0 Å². The zero-order valence-electron chi connectivity index (χ0n) is 12.1. The number of benzene rings is 1. The number of nitrogens with one attached hydrogen (secondary N) is 2. The van der Waals surface area contributed by atoms with Gasteiger partial charge < -0.3 is 5.32 Å². The fourth-order valence-corrected chi connectivity index (χ4v) is 2.55. The molecule has 0 bridgehead atoms. The third kappa shape index (κ3) is 3.74. The molecule has 2 N–H and O–H groups in total. The predicted molar refractivity (Wildman–Crippen MR) is 92.8 cm³/mol. The van der Waals surface area contributed by atoms with Crippen LogP contribution in [0.15, 0.2) is 28.7 Å². The van der Waals surface area contributed by atoms with E-state index in [4.69, 9.17) is 0 Å². The van der Waals surface area contributed by atoms with Crippen LogP contribution in [0.2, 0.25) is 0 Å². The molecule has 6 heteroatoms. The van der Waals surface area contributed by atoms with Crippen molar-refractivity contribution in [3.63, 3.8) is 0 Å². The number of hydrogen-bond acceptors (Lipinski definition) is 2. The highest BCUT2D eigenvalue weighted by Crippen LogP contribution is 2.33. The topological polar surface area (TPSA) is 57.8 Å². The van der Waals surface area contributed by atoms with Gasteiger partial charge in [0, 0.05) is 5.56 Å². The summed E-state index contributed by atoms with van der Waals surface area (Å²) in [6.07, 6.45) is 0. The van der Waals surface area contributed by atoms with Gasteiger partial charge in [-0.15, -0.1) is 0 Å². The van der Waals surface area contributed by atoms with Crippen LogP contribution in [0.5, 0.6) is 0 Å². The summed E-state index contributed by atoms with van der Waals surface area (Å²) in [5.74, 6) is 0.353. The largest absolute Gasteiger partial charge is 0.308 e. The van der Waals surface area contributed by atoms with E-state index in [0.717, 1.165) is 15.7 Å². The summed E-state index contributed by atoms with van der Waals surface area (Å²) in [6.45, 7) is 6.55. The Morgan fingerprint density at radius 2 is 1.90 bits per heavy atom. The molecule has 2 aromatic rings. The first-order valence-electron chi connectivity index (χ1n) is 6.53. The molecule has 0 aliphatic rings. The lowest BCUT2D eigenvalue weighted by Crippen LogP contribution is -2.12. The zero-order chi connectivity index (χ0) is 15.6. The lowest BCUT2D eigenvalue weighted by Gasteiger charge is -2.19. The maximum Gasteiger partial charge on any atom is 0.236 e. The summed E-state index contributed by atoms with van der Waals surface area (Å²) in [5, 5.41) is 10.0. The maximum absolute atomic E-state index is 11.4. The van der Waals surface area contributed by atoms with E-state index in [-0.39, 0.29) is 16.7 Å². The molecule has 0 fully saturated rings. The van der Waals surface area contributed by atoms with Gasteiger partial charge in [0.25, 0.3) is 0 Å². The molecular formula is C15H17Br2N3O. The number of anilines is 1. The van der Waals surface area contributed by atoms with Gasteiger partial charge in [-0.2, -0.15) is 5.10 Å². The Kier molecular flexibility index (Phi) is 4.88. The number of alkyl halides is 1. The number of aromatic nitrogens is 2. The second-order valence-electron chi connectivity index (χ2n) is 5.77. The van der Waals surface area contributed by atoms with Crippen LogP contribution in [-0.2, 0) is 10.2 Å². The zero-order valence-corrected chi connectivity index (χ0v) is 15.3. The highest BCUT2D eigenvalue weighted by atomic mass is 79.9. The van der Waals surface area contributed by atoms with E-state index in [1.54, 1.807) is 0 Å². The van der Waals surface area contributed by atoms with Crippen molar-refractivity contribution in [1.29, 1.82) is 0 Å². The Morgan fingerprint density at radius 3 is 2.43 bits per heavy atom. The standard InChI is InChI=1S/C15H17Br2N3O/c1-15(2,3)10-6-4-9(5-7-10)13-12(17)14(20-19-13)18-11(21)8-16/h4-7H,8H2,1-3H3,(H2,18,19,20,21). The van der Waals surface area contributed by atoms with Gasteiger partial charge in [-0.05, 0) is 26.9 Å². The van der Waals surface area contributed by atoms with Crippen LogP contribution in [0.4, 0.5) is 5.82 Å². The van der Waals surface area contributed by atoms with Crippen molar-refractivity contribution in [1.82, 2.24) is 10.2 Å². The van der Waals surface area contributed by atoms with Crippen molar-refractivity contribution in [3.05, 3.63) is 34.3 Å². The molecule has 21 heavy (non-hydrogen) atoms. The van der Waals surface area contributed by atoms with Crippen LogP contribution in [0, 0.1) is 0 Å². The minimum absolute atomic E-state index is 0.124. The first-order valence-corrected chi connectivity index (χ1v) is 8.45. The highest BCUT2D eigenvalue weighted by molar-refractivity contribution is 9.10. The summed E-state index contributed by atoms with van der Waals surface area (Å²) in [6, 6.07) is 8.32. The second-order valence-corrected chi connectivity index (χ2v) is 7.12. The van der Waals surface area contributed by atoms with Crippen molar-refractivity contribution in [2.24, 2.45) is 0 Å². The van der Waals surface area contributed by atoms with Gasteiger partial charge in [-0.1, -0.05) is 61.0 Å². The molecule has 4 nitrogen and oxygen atoms in total.